The van der Waals surface area contributed by atoms with Crippen LogP contribution in [0, 0.1) is 0 Å². The fourth-order valence-electron chi connectivity index (χ4n) is 1.40. The molecule has 0 aliphatic heterocycles. The fraction of sp³-hybridized carbons (Fsp3) is 0.250. The number of amides is 2. The predicted molar refractivity (Wildman–Crippen MR) is 68.7 cm³/mol. The van der Waals surface area contributed by atoms with E-state index in [4.69, 9.17) is 16.7 Å². The highest BCUT2D eigenvalue weighted by atomic mass is 35.5. The van der Waals surface area contributed by atoms with Crippen LogP contribution in [-0.4, -0.2) is 29.4 Å². The minimum atomic E-state index is -1.25. The van der Waals surface area contributed by atoms with Gasteiger partial charge in [-0.3, -0.25) is 9.59 Å². The van der Waals surface area contributed by atoms with Gasteiger partial charge in [-0.2, -0.15) is 0 Å². The highest BCUT2D eigenvalue weighted by Crippen LogP contribution is 2.22. The molecule has 19 heavy (non-hydrogen) atoms. The SMILES string of the molecule is CC(=O)NCC(=O)N[C@@H](C(=O)O)c1ccccc1Cl. The maximum Gasteiger partial charge on any atom is 0.330 e. The molecule has 0 aromatic heterocycles. The van der Waals surface area contributed by atoms with Crippen LogP contribution in [-0.2, 0) is 14.4 Å². The summed E-state index contributed by atoms with van der Waals surface area (Å²) in [6.07, 6.45) is 0. The Kier molecular flexibility index (Phi) is 5.32. The van der Waals surface area contributed by atoms with Gasteiger partial charge in [0.1, 0.15) is 0 Å². The standard InChI is InChI=1S/C12H13ClN2O4/c1-7(16)14-6-10(17)15-11(12(18)19)8-4-2-3-5-9(8)13/h2-5,11H,6H2,1H3,(H,14,16)(H,15,17)(H,18,19)/t11-/m1/s1. The van der Waals surface area contributed by atoms with Gasteiger partial charge in [0.05, 0.1) is 6.54 Å². The van der Waals surface area contributed by atoms with E-state index in [9.17, 15) is 14.4 Å². The third-order valence-corrected chi connectivity index (χ3v) is 2.61. The van der Waals surface area contributed by atoms with Gasteiger partial charge in [-0.15, -0.1) is 0 Å². The summed E-state index contributed by atoms with van der Waals surface area (Å²) in [6, 6.07) is 5.07. The van der Waals surface area contributed by atoms with Gasteiger partial charge in [0.15, 0.2) is 6.04 Å². The van der Waals surface area contributed by atoms with Crippen molar-refractivity contribution in [2.24, 2.45) is 0 Å². The first-order valence-electron chi connectivity index (χ1n) is 5.43. The van der Waals surface area contributed by atoms with Crippen LogP contribution in [0.25, 0.3) is 0 Å². The van der Waals surface area contributed by atoms with Crippen LogP contribution in [0.15, 0.2) is 24.3 Å². The molecule has 6 nitrogen and oxygen atoms in total. The molecule has 0 radical (unpaired) electrons. The molecule has 7 heteroatoms. The van der Waals surface area contributed by atoms with Crippen LogP contribution < -0.4 is 10.6 Å². The van der Waals surface area contributed by atoms with Crippen molar-refractivity contribution in [3.05, 3.63) is 34.9 Å². The van der Waals surface area contributed by atoms with Gasteiger partial charge in [0, 0.05) is 17.5 Å². The number of aliphatic carboxylic acids is 1. The maximum atomic E-state index is 11.5. The normalized spacial score (nSPS) is 11.5. The van der Waals surface area contributed by atoms with Crippen molar-refractivity contribution >= 4 is 29.4 Å². The number of carboxylic acids is 1. The Morgan fingerprint density at radius 2 is 1.95 bits per heavy atom. The number of carbonyl (C=O) groups is 3. The summed E-state index contributed by atoms with van der Waals surface area (Å²) in [5.74, 6) is -2.22. The number of hydrogen-bond donors (Lipinski definition) is 3. The third kappa shape index (κ3) is 4.59. The third-order valence-electron chi connectivity index (χ3n) is 2.27. The van der Waals surface area contributed by atoms with Gasteiger partial charge in [-0.05, 0) is 6.07 Å². The quantitative estimate of drug-likeness (QED) is 0.742. The van der Waals surface area contributed by atoms with Gasteiger partial charge in [-0.25, -0.2) is 4.79 Å². The molecule has 0 aliphatic carbocycles. The Morgan fingerprint density at radius 3 is 2.47 bits per heavy atom. The van der Waals surface area contributed by atoms with Gasteiger partial charge in [0.2, 0.25) is 11.8 Å². The molecule has 0 bridgehead atoms. The molecule has 102 valence electrons. The van der Waals surface area contributed by atoms with E-state index < -0.39 is 17.9 Å². The van der Waals surface area contributed by atoms with Gasteiger partial charge >= 0.3 is 5.97 Å². The van der Waals surface area contributed by atoms with Crippen LogP contribution in [0.3, 0.4) is 0 Å². The molecule has 0 aliphatic rings. The van der Waals surface area contributed by atoms with Gasteiger partial charge in [0.25, 0.3) is 0 Å². The van der Waals surface area contributed by atoms with E-state index in [0.717, 1.165) is 0 Å². The zero-order chi connectivity index (χ0) is 14.4. The fourth-order valence-corrected chi connectivity index (χ4v) is 1.64. The smallest absolute Gasteiger partial charge is 0.330 e. The average molecular weight is 285 g/mol. The van der Waals surface area contributed by atoms with E-state index in [2.05, 4.69) is 10.6 Å². The van der Waals surface area contributed by atoms with Crippen molar-refractivity contribution in [3.63, 3.8) is 0 Å². The van der Waals surface area contributed by atoms with Crippen molar-refractivity contribution in [1.82, 2.24) is 10.6 Å². The predicted octanol–water partition coefficient (Wildman–Crippen LogP) is 0.718. The lowest BCUT2D eigenvalue weighted by atomic mass is 10.1. The minimum absolute atomic E-state index is 0.245. The number of rotatable bonds is 5. The van der Waals surface area contributed by atoms with E-state index >= 15 is 0 Å². The van der Waals surface area contributed by atoms with Crippen LogP contribution in [0.1, 0.15) is 18.5 Å². The molecular weight excluding hydrogens is 272 g/mol. The van der Waals surface area contributed by atoms with Crippen molar-refractivity contribution in [1.29, 1.82) is 0 Å². The molecule has 1 rings (SSSR count). The summed E-state index contributed by atoms with van der Waals surface area (Å²) < 4.78 is 0. The van der Waals surface area contributed by atoms with E-state index in [1.807, 2.05) is 0 Å². The Labute approximate surface area is 114 Å². The number of halogens is 1. The second kappa shape index (κ2) is 6.75. The summed E-state index contributed by atoms with van der Waals surface area (Å²) in [6.45, 7) is 0.972. The number of benzene rings is 1. The molecule has 1 aromatic carbocycles. The Morgan fingerprint density at radius 1 is 1.32 bits per heavy atom. The largest absolute Gasteiger partial charge is 0.479 e. The summed E-state index contributed by atoms with van der Waals surface area (Å²) in [5, 5.41) is 13.9. The number of hydrogen-bond acceptors (Lipinski definition) is 3. The highest BCUT2D eigenvalue weighted by molar-refractivity contribution is 6.31. The van der Waals surface area contributed by atoms with E-state index in [0.29, 0.717) is 0 Å². The summed E-state index contributed by atoms with van der Waals surface area (Å²) in [7, 11) is 0. The monoisotopic (exact) mass is 284 g/mol. The van der Waals surface area contributed by atoms with E-state index in [1.54, 1.807) is 12.1 Å². The highest BCUT2D eigenvalue weighted by Gasteiger charge is 2.23. The molecule has 0 saturated carbocycles. The van der Waals surface area contributed by atoms with Crippen molar-refractivity contribution in [2.45, 2.75) is 13.0 Å². The Bertz CT molecular complexity index is 504. The zero-order valence-electron chi connectivity index (χ0n) is 10.1. The van der Waals surface area contributed by atoms with Crippen LogP contribution >= 0.6 is 11.6 Å². The lowest BCUT2D eigenvalue weighted by molar-refractivity contribution is -0.141. The summed E-state index contributed by atoms with van der Waals surface area (Å²) in [4.78, 5) is 33.3. The molecule has 1 atom stereocenters. The number of nitrogens with one attached hydrogen (secondary N) is 2. The zero-order valence-corrected chi connectivity index (χ0v) is 10.9. The van der Waals surface area contributed by atoms with Crippen molar-refractivity contribution in [3.8, 4) is 0 Å². The number of carbonyl (C=O) groups excluding carboxylic acids is 2. The molecule has 0 saturated heterocycles. The van der Waals surface area contributed by atoms with Crippen LogP contribution in [0.2, 0.25) is 5.02 Å². The maximum absolute atomic E-state index is 11.5. The van der Waals surface area contributed by atoms with E-state index in [1.165, 1.54) is 19.1 Å². The number of carboxylic acid groups (broad SMARTS) is 1. The van der Waals surface area contributed by atoms with Crippen molar-refractivity contribution in [2.75, 3.05) is 6.54 Å². The molecule has 0 fully saturated rings. The molecular formula is C12H13ClN2O4. The second-order valence-electron chi connectivity index (χ2n) is 3.77. The van der Waals surface area contributed by atoms with Crippen LogP contribution in [0.4, 0.5) is 0 Å². The molecule has 0 unspecified atom stereocenters. The average Bonchev–Trinajstić information content (AvgIpc) is 2.34. The summed E-state index contributed by atoms with van der Waals surface area (Å²) >= 11 is 5.89. The van der Waals surface area contributed by atoms with Gasteiger partial charge < -0.3 is 15.7 Å². The van der Waals surface area contributed by atoms with E-state index in [-0.39, 0.29) is 23.0 Å². The first-order chi connectivity index (χ1) is 8.91. The Balaban J connectivity index is 2.80. The van der Waals surface area contributed by atoms with Crippen molar-refractivity contribution < 1.29 is 19.5 Å². The first-order valence-corrected chi connectivity index (χ1v) is 5.80. The lowest BCUT2D eigenvalue weighted by Crippen LogP contribution is -2.40. The summed E-state index contributed by atoms with van der Waals surface area (Å²) in [5.41, 5.74) is 0.285. The Hall–Kier alpha value is -2.08. The molecule has 0 spiro atoms. The molecule has 3 N–H and O–H groups in total. The van der Waals surface area contributed by atoms with Crippen LogP contribution in [0.5, 0.6) is 0 Å². The lowest BCUT2D eigenvalue weighted by Gasteiger charge is -2.16. The topological polar surface area (TPSA) is 95.5 Å². The molecule has 0 heterocycles. The van der Waals surface area contributed by atoms with Gasteiger partial charge in [-0.1, -0.05) is 29.8 Å². The first kappa shape index (κ1) is 15.0. The molecule has 1 aromatic rings. The molecule has 2 amide bonds. The minimum Gasteiger partial charge on any atom is -0.479 e. The second-order valence-corrected chi connectivity index (χ2v) is 4.18.